The Balaban J connectivity index is 1.57. The molecular formula is C12H22N2O2. The van der Waals surface area contributed by atoms with Crippen molar-refractivity contribution in [3.63, 3.8) is 0 Å². The zero-order chi connectivity index (χ0) is 11.4. The van der Waals surface area contributed by atoms with Crippen LogP contribution < -0.4 is 10.6 Å². The first-order chi connectivity index (χ1) is 7.74. The molecule has 4 nitrogen and oxygen atoms in total. The predicted octanol–water partition coefficient (Wildman–Crippen LogP) is 1.39. The predicted molar refractivity (Wildman–Crippen MR) is 62.1 cm³/mol. The first-order valence-corrected chi connectivity index (χ1v) is 6.46. The highest BCUT2D eigenvalue weighted by atomic mass is 16.3. The molecule has 0 aromatic carbocycles. The fourth-order valence-corrected chi connectivity index (χ4v) is 2.59. The summed E-state index contributed by atoms with van der Waals surface area (Å²) in [5, 5.41) is 15.0. The molecule has 92 valence electrons. The summed E-state index contributed by atoms with van der Waals surface area (Å²) in [6.45, 7) is 0.704. The van der Waals surface area contributed by atoms with Crippen LogP contribution in [-0.4, -0.2) is 29.8 Å². The molecule has 0 saturated heterocycles. The summed E-state index contributed by atoms with van der Waals surface area (Å²) in [5.41, 5.74) is 0. The van der Waals surface area contributed by atoms with Crippen molar-refractivity contribution in [3.8, 4) is 0 Å². The van der Waals surface area contributed by atoms with Crippen LogP contribution in [0.2, 0.25) is 0 Å². The van der Waals surface area contributed by atoms with Crippen molar-refractivity contribution < 1.29 is 9.90 Å². The zero-order valence-electron chi connectivity index (χ0n) is 9.74. The number of carbonyl (C=O) groups is 1. The van der Waals surface area contributed by atoms with Crippen LogP contribution in [0.25, 0.3) is 0 Å². The second kappa shape index (κ2) is 5.53. The molecule has 4 heteroatoms. The second-order valence-corrected chi connectivity index (χ2v) is 5.18. The van der Waals surface area contributed by atoms with Crippen molar-refractivity contribution in [2.45, 2.75) is 57.1 Å². The lowest BCUT2D eigenvalue weighted by Crippen LogP contribution is -2.46. The molecule has 16 heavy (non-hydrogen) atoms. The average molecular weight is 226 g/mol. The third kappa shape index (κ3) is 3.37. The Morgan fingerprint density at radius 3 is 2.50 bits per heavy atom. The van der Waals surface area contributed by atoms with Gasteiger partial charge >= 0.3 is 6.03 Å². The summed E-state index contributed by atoms with van der Waals surface area (Å²) >= 11 is 0. The lowest BCUT2D eigenvalue weighted by Gasteiger charge is -2.31. The van der Waals surface area contributed by atoms with Crippen molar-refractivity contribution in [1.82, 2.24) is 10.6 Å². The Kier molecular flexibility index (Phi) is 4.04. The third-order valence-corrected chi connectivity index (χ3v) is 3.70. The van der Waals surface area contributed by atoms with Crippen molar-refractivity contribution in [1.29, 1.82) is 0 Å². The molecule has 2 fully saturated rings. The van der Waals surface area contributed by atoms with E-state index in [1.54, 1.807) is 0 Å². The minimum Gasteiger partial charge on any atom is -0.393 e. The van der Waals surface area contributed by atoms with Gasteiger partial charge in [0.05, 0.1) is 6.10 Å². The maximum atomic E-state index is 11.6. The van der Waals surface area contributed by atoms with Gasteiger partial charge in [0.15, 0.2) is 0 Å². The molecule has 0 bridgehead atoms. The largest absolute Gasteiger partial charge is 0.393 e. The minimum atomic E-state index is -0.131. The number of rotatable bonds is 3. The molecule has 2 saturated carbocycles. The van der Waals surface area contributed by atoms with Gasteiger partial charge in [-0.1, -0.05) is 19.3 Å². The van der Waals surface area contributed by atoms with Gasteiger partial charge in [-0.2, -0.15) is 0 Å². The van der Waals surface area contributed by atoms with Crippen molar-refractivity contribution in [2.24, 2.45) is 5.92 Å². The van der Waals surface area contributed by atoms with E-state index in [0.717, 1.165) is 25.7 Å². The molecule has 0 radical (unpaired) electrons. The molecule has 2 amide bonds. The Morgan fingerprint density at radius 1 is 1.19 bits per heavy atom. The molecule has 2 aliphatic carbocycles. The molecule has 0 unspecified atom stereocenters. The Bertz CT molecular complexity index is 233. The fourth-order valence-electron chi connectivity index (χ4n) is 2.59. The van der Waals surface area contributed by atoms with Crippen LogP contribution in [0.3, 0.4) is 0 Å². The van der Waals surface area contributed by atoms with Gasteiger partial charge in [-0.25, -0.2) is 4.79 Å². The number of nitrogens with one attached hydrogen (secondary N) is 2. The normalized spacial score (nSPS) is 30.6. The van der Waals surface area contributed by atoms with E-state index in [4.69, 9.17) is 5.11 Å². The van der Waals surface area contributed by atoms with E-state index in [0.29, 0.717) is 18.5 Å². The van der Waals surface area contributed by atoms with Gasteiger partial charge in [0.25, 0.3) is 0 Å². The number of aliphatic hydroxyl groups excluding tert-OH is 1. The van der Waals surface area contributed by atoms with Crippen LogP contribution in [0.15, 0.2) is 0 Å². The van der Waals surface area contributed by atoms with Gasteiger partial charge < -0.3 is 15.7 Å². The number of aliphatic hydroxyl groups is 1. The fraction of sp³-hybridized carbons (Fsp3) is 0.917. The van der Waals surface area contributed by atoms with Gasteiger partial charge in [-0.05, 0) is 31.6 Å². The Labute approximate surface area is 96.8 Å². The summed E-state index contributed by atoms with van der Waals surface area (Å²) in [6, 6.07) is 0.342. The maximum Gasteiger partial charge on any atom is 0.315 e. The molecule has 0 heterocycles. The van der Waals surface area contributed by atoms with Crippen molar-refractivity contribution in [2.75, 3.05) is 6.54 Å². The van der Waals surface area contributed by atoms with E-state index in [9.17, 15) is 4.79 Å². The monoisotopic (exact) mass is 226 g/mol. The highest BCUT2D eigenvalue weighted by Gasteiger charge is 2.27. The number of hydrogen-bond donors (Lipinski definition) is 3. The SMILES string of the molecule is O=C(NCC1CC(O)C1)NC1CCCCC1. The summed E-state index contributed by atoms with van der Waals surface area (Å²) in [7, 11) is 0. The number of urea groups is 1. The van der Waals surface area contributed by atoms with E-state index >= 15 is 0 Å². The van der Waals surface area contributed by atoms with Gasteiger partial charge in [0.2, 0.25) is 0 Å². The van der Waals surface area contributed by atoms with E-state index in [-0.39, 0.29) is 12.1 Å². The lowest BCUT2D eigenvalue weighted by atomic mass is 9.82. The first-order valence-electron chi connectivity index (χ1n) is 6.46. The van der Waals surface area contributed by atoms with Gasteiger partial charge in [0, 0.05) is 12.6 Å². The molecule has 2 aliphatic rings. The zero-order valence-corrected chi connectivity index (χ0v) is 9.74. The van der Waals surface area contributed by atoms with E-state index in [2.05, 4.69) is 10.6 Å². The molecule has 0 atom stereocenters. The van der Waals surface area contributed by atoms with E-state index in [1.165, 1.54) is 19.3 Å². The third-order valence-electron chi connectivity index (χ3n) is 3.70. The molecule has 3 N–H and O–H groups in total. The molecule has 0 aromatic heterocycles. The Hall–Kier alpha value is -0.770. The standard InChI is InChI=1S/C12H22N2O2/c15-11-6-9(7-11)8-13-12(16)14-10-4-2-1-3-5-10/h9-11,15H,1-8H2,(H2,13,14,16). The highest BCUT2D eigenvalue weighted by molar-refractivity contribution is 5.74. The van der Waals surface area contributed by atoms with E-state index < -0.39 is 0 Å². The van der Waals surface area contributed by atoms with Crippen LogP contribution >= 0.6 is 0 Å². The topological polar surface area (TPSA) is 61.4 Å². The lowest BCUT2D eigenvalue weighted by molar-refractivity contribution is 0.0440. The van der Waals surface area contributed by atoms with Crippen LogP contribution in [0.5, 0.6) is 0 Å². The summed E-state index contributed by atoms with van der Waals surface area (Å²) < 4.78 is 0. The average Bonchev–Trinajstić information content (AvgIpc) is 2.24. The van der Waals surface area contributed by atoms with Crippen molar-refractivity contribution in [3.05, 3.63) is 0 Å². The minimum absolute atomic E-state index is 0.0340. The molecule has 0 aliphatic heterocycles. The van der Waals surface area contributed by atoms with Gasteiger partial charge in [-0.15, -0.1) is 0 Å². The summed E-state index contributed by atoms with van der Waals surface area (Å²) in [6.07, 6.45) is 7.56. The highest BCUT2D eigenvalue weighted by Crippen LogP contribution is 2.26. The van der Waals surface area contributed by atoms with Crippen LogP contribution in [0, 0.1) is 5.92 Å². The van der Waals surface area contributed by atoms with Gasteiger partial charge in [-0.3, -0.25) is 0 Å². The first kappa shape index (κ1) is 11.7. The summed E-state index contributed by atoms with van der Waals surface area (Å²) in [5.74, 6) is 0.479. The maximum absolute atomic E-state index is 11.6. The molecule has 2 rings (SSSR count). The molecule has 0 spiro atoms. The quantitative estimate of drug-likeness (QED) is 0.681. The smallest absolute Gasteiger partial charge is 0.315 e. The molecular weight excluding hydrogens is 204 g/mol. The van der Waals surface area contributed by atoms with E-state index in [1.807, 2.05) is 0 Å². The number of amides is 2. The second-order valence-electron chi connectivity index (χ2n) is 5.18. The van der Waals surface area contributed by atoms with Crippen molar-refractivity contribution >= 4 is 6.03 Å². The molecule has 0 aromatic rings. The van der Waals surface area contributed by atoms with Crippen LogP contribution in [0.1, 0.15) is 44.9 Å². The van der Waals surface area contributed by atoms with Gasteiger partial charge in [0.1, 0.15) is 0 Å². The van der Waals surface area contributed by atoms with Crippen LogP contribution in [-0.2, 0) is 0 Å². The number of hydrogen-bond acceptors (Lipinski definition) is 2. The van der Waals surface area contributed by atoms with Crippen LogP contribution in [0.4, 0.5) is 4.79 Å². The number of carbonyl (C=O) groups excluding carboxylic acids is 1. The summed E-state index contributed by atoms with van der Waals surface area (Å²) in [4.78, 5) is 11.6. The Morgan fingerprint density at radius 2 is 1.88 bits per heavy atom.